The van der Waals surface area contributed by atoms with Crippen molar-refractivity contribution >= 4 is 49.6 Å². The number of carbonyl (C=O) groups excluding carboxylic acids is 1. The highest BCUT2D eigenvalue weighted by molar-refractivity contribution is 8.00. The topological polar surface area (TPSA) is 93.4 Å². The highest BCUT2D eigenvalue weighted by Gasteiger charge is 2.35. The van der Waals surface area contributed by atoms with E-state index in [1.54, 1.807) is 4.90 Å². The molecular weight excluding hydrogens is 398 g/mol. The molecule has 0 unspecified atom stereocenters. The molecule has 1 saturated heterocycles. The third-order valence-corrected chi connectivity index (χ3v) is 7.85. The SMILES string of the molecule is CCN(C(=O)[C@@H](C)Sc1ncnc2c1oc1ccccc12)[C@@H]1CCS(=O)(=O)C1. The van der Waals surface area contributed by atoms with Gasteiger partial charge in [0.1, 0.15) is 22.5 Å². The number of thioether (sulfide) groups is 1. The third kappa shape index (κ3) is 3.48. The van der Waals surface area contributed by atoms with Gasteiger partial charge in [0, 0.05) is 18.0 Å². The summed E-state index contributed by atoms with van der Waals surface area (Å²) in [6.45, 7) is 4.17. The van der Waals surface area contributed by atoms with E-state index in [0.717, 1.165) is 16.5 Å². The number of sulfone groups is 1. The van der Waals surface area contributed by atoms with Crippen molar-refractivity contribution < 1.29 is 17.6 Å². The Balaban J connectivity index is 1.59. The van der Waals surface area contributed by atoms with E-state index in [0.29, 0.717) is 23.6 Å². The van der Waals surface area contributed by atoms with Crippen LogP contribution >= 0.6 is 11.8 Å². The summed E-state index contributed by atoms with van der Waals surface area (Å²) in [6.07, 6.45) is 1.98. The third-order valence-electron chi connectivity index (χ3n) is 5.03. The molecule has 1 aromatic carbocycles. The van der Waals surface area contributed by atoms with E-state index in [4.69, 9.17) is 4.42 Å². The average molecular weight is 420 g/mol. The first kappa shape index (κ1) is 19.2. The molecule has 2 atom stereocenters. The van der Waals surface area contributed by atoms with Gasteiger partial charge in [-0.1, -0.05) is 23.9 Å². The maximum Gasteiger partial charge on any atom is 0.236 e. The maximum atomic E-state index is 13.0. The standard InChI is InChI=1S/C19H21N3O4S2/c1-3-22(13-8-9-28(24,25)10-13)19(23)12(2)27-18-17-16(20-11-21-18)14-6-4-5-7-15(14)26-17/h4-7,11-13H,3,8-10H2,1-2H3/t12-,13-/m1/s1. The number of benzene rings is 1. The first-order valence-electron chi connectivity index (χ1n) is 9.19. The van der Waals surface area contributed by atoms with Crippen LogP contribution in [0.25, 0.3) is 22.1 Å². The van der Waals surface area contributed by atoms with Crippen molar-refractivity contribution in [3.05, 3.63) is 30.6 Å². The summed E-state index contributed by atoms with van der Waals surface area (Å²) in [5.74, 6) is 0.109. The van der Waals surface area contributed by atoms with Gasteiger partial charge in [-0.05, 0) is 32.4 Å². The van der Waals surface area contributed by atoms with Gasteiger partial charge in [-0.15, -0.1) is 0 Å². The van der Waals surface area contributed by atoms with Gasteiger partial charge in [0.25, 0.3) is 0 Å². The van der Waals surface area contributed by atoms with E-state index in [1.165, 1.54) is 18.1 Å². The maximum absolute atomic E-state index is 13.0. The number of amides is 1. The molecule has 0 spiro atoms. The van der Waals surface area contributed by atoms with E-state index in [9.17, 15) is 13.2 Å². The Hall–Kier alpha value is -2.13. The van der Waals surface area contributed by atoms with Gasteiger partial charge < -0.3 is 9.32 Å². The number of hydrogen-bond donors (Lipinski definition) is 0. The van der Waals surface area contributed by atoms with Crippen molar-refractivity contribution in [3.8, 4) is 0 Å². The summed E-state index contributed by atoms with van der Waals surface area (Å²) in [7, 11) is -3.05. The number of para-hydroxylation sites is 1. The van der Waals surface area contributed by atoms with E-state index < -0.39 is 15.1 Å². The van der Waals surface area contributed by atoms with E-state index >= 15 is 0 Å². The first-order valence-corrected chi connectivity index (χ1v) is 11.9. The van der Waals surface area contributed by atoms with Gasteiger partial charge in [0.15, 0.2) is 15.4 Å². The number of carbonyl (C=O) groups is 1. The zero-order valence-corrected chi connectivity index (χ0v) is 17.3. The van der Waals surface area contributed by atoms with Crippen molar-refractivity contribution in [1.82, 2.24) is 14.9 Å². The molecule has 1 aliphatic rings. The molecule has 2 aromatic heterocycles. The smallest absolute Gasteiger partial charge is 0.236 e. The van der Waals surface area contributed by atoms with Gasteiger partial charge in [-0.25, -0.2) is 18.4 Å². The molecule has 0 aliphatic carbocycles. The summed E-state index contributed by atoms with van der Waals surface area (Å²) in [4.78, 5) is 23.4. The molecule has 0 saturated carbocycles. The molecule has 0 bridgehead atoms. The average Bonchev–Trinajstić information content (AvgIpc) is 3.23. The lowest BCUT2D eigenvalue weighted by Crippen LogP contribution is -2.44. The van der Waals surface area contributed by atoms with Crippen LogP contribution in [0.2, 0.25) is 0 Å². The molecule has 9 heteroatoms. The van der Waals surface area contributed by atoms with Gasteiger partial charge in [0.2, 0.25) is 5.91 Å². The van der Waals surface area contributed by atoms with Crippen LogP contribution in [0.5, 0.6) is 0 Å². The molecule has 0 N–H and O–H groups in total. The summed E-state index contributed by atoms with van der Waals surface area (Å²) < 4.78 is 29.5. The Morgan fingerprint density at radius 1 is 1.36 bits per heavy atom. The molecule has 148 valence electrons. The van der Waals surface area contributed by atoms with Gasteiger partial charge in [0.05, 0.1) is 16.8 Å². The van der Waals surface area contributed by atoms with E-state index in [-0.39, 0.29) is 23.5 Å². The van der Waals surface area contributed by atoms with Crippen LogP contribution in [0.15, 0.2) is 40.0 Å². The van der Waals surface area contributed by atoms with Crippen LogP contribution < -0.4 is 0 Å². The Morgan fingerprint density at radius 3 is 2.86 bits per heavy atom. The quantitative estimate of drug-likeness (QED) is 0.464. The minimum Gasteiger partial charge on any atom is -0.451 e. The van der Waals surface area contributed by atoms with Crippen molar-refractivity contribution in [1.29, 1.82) is 0 Å². The minimum absolute atomic E-state index is 0.0469. The molecule has 3 aromatic rings. The minimum atomic E-state index is -3.05. The molecule has 7 nitrogen and oxygen atoms in total. The van der Waals surface area contributed by atoms with Crippen molar-refractivity contribution in [2.24, 2.45) is 0 Å². The molecule has 28 heavy (non-hydrogen) atoms. The largest absolute Gasteiger partial charge is 0.451 e. The van der Waals surface area contributed by atoms with Crippen LogP contribution in [0.3, 0.4) is 0 Å². The lowest BCUT2D eigenvalue weighted by Gasteiger charge is -2.29. The lowest BCUT2D eigenvalue weighted by molar-refractivity contribution is -0.131. The van der Waals surface area contributed by atoms with Crippen LogP contribution in [0.4, 0.5) is 0 Å². The lowest BCUT2D eigenvalue weighted by atomic mass is 10.2. The molecule has 0 radical (unpaired) electrons. The number of furan rings is 1. The second-order valence-corrected chi connectivity index (χ2v) is 10.5. The van der Waals surface area contributed by atoms with Gasteiger partial charge >= 0.3 is 0 Å². The van der Waals surface area contributed by atoms with Crippen LogP contribution in [0.1, 0.15) is 20.3 Å². The second kappa shape index (κ2) is 7.36. The molecule has 3 heterocycles. The molecule has 4 rings (SSSR count). The fraction of sp³-hybridized carbons (Fsp3) is 0.421. The first-order chi connectivity index (χ1) is 13.4. The predicted octanol–water partition coefficient (Wildman–Crippen LogP) is 2.89. The number of aromatic nitrogens is 2. The Kier molecular flexibility index (Phi) is 5.05. The zero-order chi connectivity index (χ0) is 19.9. The second-order valence-electron chi connectivity index (χ2n) is 6.90. The van der Waals surface area contributed by atoms with Crippen LogP contribution in [-0.2, 0) is 14.6 Å². The van der Waals surface area contributed by atoms with Crippen molar-refractivity contribution in [2.75, 3.05) is 18.1 Å². The molecule has 1 aliphatic heterocycles. The number of rotatable bonds is 5. The highest BCUT2D eigenvalue weighted by atomic mass is 32.2. The predicted molar refractivity (Wildman–Crippen MR) is 109 cm³/mol. The Morgan fingerprint density at radius 2 is 2.14 bits per heavy atom. The summed E-state index contributed by atoms with van der Waals surface area (Å²) in [5, 5.41) is 1.10. The summed E-state index contributed by atoms with van der Waals surface area (Å²) in [6, 6.07) is 7.39. The number of fused-ring (bicyclic) bond motifs is 3. The summed E-state index contributed by atoms with van der Waals surface area (Å²) >= 11 is 1.31. The Bertz CT molecular complexity index is 1140. The number of hydrogen-bond acceptors (Lipinski definition) is 7. The van der Waals surface area contributed by atoms with E-state index in [1.807, 2.05) is 38.1 Å². The molecule has 1 fully saturated rings. The summed E-state index contributed by atoms with van der Waals surface area (Å²) in [5.41, 5.74) is 2.02. The zero-order valence-electron chi connectivity index (χ0n) is 15.7. The van der Waals surface area contributed by atoms with Crippen LogP contribution in [-0.4, -0.2) is 58.5 Å². The highest BCUT2D eigenvalue weighted by Crippen LogP contribution is 2.34. The monoisotopic (exact) mass is 419 g/mol. The normalized spacial score (nSPS) is 19.9. The molecular formula is C19H21N3O4S2. The van der Waals surface area contributed by atoms with Crippen LogP contribution in [0, 0.1) is 0 Å². The number of nitrogens with zero attached hydrogens (tertiary/aromatic N) is 3. The Labute approximate surface area is 167 Å². The van der Waals surface area contributed by atoms with Gasteiger partial charge in [-0.2, -0.15) is 0 Å². The van der Waals surface area contributed by atoms with Gasteiger partial charge in [-0.3, -0.25) is 4.79 Å². The van der Waals surface area contributed by atoms with Crippen molar-refractivity contribution in [2.45, 2.75) is 36.6 Å². The van der Waals surface area contributed by atoms with Crippen molar-refractivity contribution in [3.63, 3.8) is 0 Å². The fourth-order valence-electron chi connectivity index (χ4n) is 3.65. The fourth-order valence-corrected chi connectivity index (χ4v) is 6.31. The molecule has 1 amide bonds. The van der Waals surface area contributed by atoms with E-state index in [2.05, 4.69) is 9.97 Å².